The summed E-state index contributed by atoms with van der Waals surface area (Å²) in [6.45, 7) is 0. The second-order valence-electron chi connectivity index (χ2n) is 4.09. The third kappa shape index (κ3) is 1.74. The van der Waals surface area contributed by atoms with E-state index >= 15 is 0 Å². The molecule has 1 aromatic carbocycles. The van der Waals surface area contributed by atoms with Gasteiger partial charge in [-0.3, -0.25) is 0 Å². The third-order valence-corrected chi connectivity index (χ3v) is 3.31. The molecule has 0 unspecified atom stereocenters. The number of aromatic nitrogens is 2. The molecule has 84 valence electrons. The average Bonchev–Trinajstić information content (AvgIpc) is 2.77. The maximum atomic E-state index is 6.48. The SMILES string of the molecule is Cn1cnc(N2C=Cc3ccccc3B2Cl)c1. The molecular weight excluding hydrogens is 232 g/mol. The number of halogens is 1. The van der Waals surface area contributed by atoms with Gasteiger partial charge in [-0.25, -0.2) is 4.98 Å². The first-order chi connectivity index (χ1) is 8.25. The van der Waals surface area contributed by atoms with E-state index < -0.39 is 0 Å². The molecule has 17 heavy (non-hydrogen) atoms. The second kappa shape index (κ2) is 3.97. The van der Waals surface area contributed by atoms with E-state index in [1.807, 2.05) is 47.0 Å². The lowest BCUT2D eigenvalue weighted by Gasteiger charge is -2.26. The predicted molar refractivity (Wildman–Crippen MR) is 72.4 cm³/mol. The lowest BCUT2D eigenvalue weighted by Crippen LogP contribution is -2.44. The van der Waals surface area contributed by atoms with Crippen LogP contribution in [0.3, 0.4) is 0 Å². The van der Waals surface area contributed by atoms with E-state index in [1.165, 1.54) is 5.56 Å². The predicted octanol–water partition coefficient (Wildman–Crippen LogP) is 1.84. The van der Waals surface area contributed by atoms with Gasteiger partial charge in [0, 0.05) is 13.2 Å². The summed E-state index contributed by atoms with van der Waals surface area (Å²) < 4.78 is 1.91. The lowest BCUT2D eigenvalue weighted by molar-refractivity contribution is 0.913. The summed E-state index contributed by atoms with van der Waals surface area (Å²) in [5.74, 6) is 0.859. The number of rotatable bonds is 1. The Kier molecular flexibility index (Phi) is 2.44. The van der Waals surface area contributed by atoms with Gasteiger partial charge in [-0.1, -0.05) is 24.3 Å². The fraction of sp³-hybridized carbons (Fsp3) is 0.0833. The molecule has 0 saturated heterocycles. The van der Waals surface area contributed by atoms with Crippen LogP contribution in [-0.4, -0.2) is 15.8 Å². The molecule has 2 heterocycles. The van der Waals surface area contributed by atoms with Gasteiger partial charge in [0.05, 0.1) is 6.33 Å². The van der Waals surface area contributed by atoms with Crippen molar-refractivity contribution >= 4 is 35.1 Å². The van der Waals surface area contributed by atoms with Crippen molar-refractivity contribution in [3.8, 4) is 0 Å². The molecule has 5 heteroatoms. The molecule has 0 N–H and O–H groups in total. The Morgan fingerprint density at radius 1 is 1.29 bits per heavy atom. The van der Waals surface area contributed by atoms with Crippen molar-refractivity contribution in [1.82, 2.24) is 9.55 Å². The van der Waals surface area contributed by atoms with E-state index in [1.54, 1.807) is 6.33 Å². The molecule has 0 amide bonds. The first-order valence-electron chi connectivity index (χ1n) is 5.43. The molecule has 3 nitrogen and oxygen atoms in total. The van der Waals surface area contributed by atoms with E-state index in [4.69, 9.17) is 11.5 Å². The van der Waals surface area contributed by atoms with Crippen molar-refractivity contribution in [1.29, 1.82) is 0 Å². The van der Waals surface area contributed by atoms with Crippen LogP contribution in [0.15, 0.2) is 43.0 Å². The van der Waals surface area contributed by atoms with E-state index in [2.05, 4.69) is 17.1 Å². The average molecular weight is 244 g/mol. The van der Waals surface area contributed by atoms with Crippen LogP contribution in [0.25, 0.3) is 6.08 Å². The fourth-order valence-electron chi connectivity index (χ4n) is 1.99. The lowest BCUT2D eigenvalue weighted by atomic mass is 9.73. The monoisotopic (exact) mass is 243 g/mol. The molecule has 0 bridgehead atoms. The maximum Gasteiger partial charge on any atom is 0.401 e. The second-order valence-corrected chi connectivity index (χ2v) is 4.50. The number of imidazole rings is 1. The number of hydrogen-bond acceptors (Lipinski definition) is 2. The quantitative estimate of drug-likeness (QED) is 0.713. The van der Waals surface area contributed by atoms with Gasteiger partial charge in [0.2, 0.25) is 0 Å². The van der Waals surface area contributed by atoms with Crippen molar-refractivity contribution in [2.45, 2.75) is 0 Å². The topological polar surface area (TPSA) is 21.1 Å². The van der Waals surface area contributed by atoms with Gasteiger partial charge in [0.15, 0.2) is 0 Å². The summed E-state index contributed by atoms with van der Waals surface area (Å²) in [7, 11) is 1.95. The summed E-state index contributed by atoms with van der Waals surface area (Å²) in [5.41, 5.74) is 2.28. The Balaban J connectivity index is 2.02. The van der Waals surface area contributed by atoms with Crippen molar-refractivity contribution < 1.29 is 0 Å². The van der Waals surface area contributed by atoms with Crippen LogP contribution in [0, 0.1) is 0 Å². The molecule has 0 saturated carbocycles. The van der Waals surface area contributed by atoms with Gasteiger partial charge in [-0.15, -0.1) is 0 Å². The summed E-state index contributed by atoms with van der Waals surface area (Å²) >= 11 is 6.48. The van der Waals surface area contributed by atoms with E-state index in [0.717, 1.165) is 11.3 Å². The molecule has 0 spiro atoms. The Labute approximate surface area is 105 Å². The molecule has 2 aromatic rings. The Hall–Kier alpha value is -1.68. The highest BCUT2D eigenvalue weighted by Gasteiger charge is 2.28. The van der Waals surface area contributed by atoms with Gasteiger partial charge in [0.1, 0.15) is 5.82 Å². The number of nitrogens with zero attached hydrogens (tertiary/aromatic N) is 3. The molecule has 0 fully saturated rings. The van der Waals surface area contributed by atoms with Crippen molar-refractivity contribution in [2.24, 2.45) is 7.05 Å². The first kappa shape index (κ1) is 10.5. The van der Waals surface area contributed by atoms with Crippen molar-refractivity contribution in [3.63, 3.8) is 0 Å². The zero-order chi connectivity index (χ0) is 11.8. The standard InChI is InChI=1S/C12H11BClN3/c1-16-8-12(15-9-16)17-7-6-10-4-2-3-5-11(10)13(17)14/h2-9H,1H3. The molecule has 0 radical (unpaired) electrons. The van der Waals surface area contributed by atoms with Crippen LogP contribution in [0.1, 0.15) is 5.56 Å². The molecule has 3 rings (SSSR count). The first-order valence-corrected chi connectivity index (χ1v) is 5.87. The van der Waals surface area contributed by atoms with Gasteiger partial charge in [0.25, 0.3) is 0 Å². The van der Waals surface area contributed by atoms with Crippen LogP contribution < -0.4 is 10.3 Å². The largest absolute Gasteiger partial charge is 0.401 e. The van der Waals surface area contributed by atoms with Crippen LogP contribution in [0.2, 0.25) is 0 Å². The molecular formula is C12H11BClN3. The third-order valence-electron chi connectivity index (χ3n) is 2.87. The minimum Gasteiger partial charge on any atom is -0.357 e. The van der Waals surface area contributed by atoms with Crippen LogP contribution in [0.5, 0.6) is 0 Å². The molecule has 1 aliphatic heterocycles. The van der Waals surface area contributed by atoms with Crippen LogP contribution in [0.4, 0.5) is 5.82 Å². The Morgan fingerprint density at radius 3 is 2.88 bits per heavy atom. The van der Waals surface area contributed by atoms with Gasteiger partial charge < -0.3 is 9.38 Å². The normalized spacial score (nSPS) is 14.0. The van der Waals surface area contributed by atoms with Crippen molar-refractivity contribution in [2.75, 3.05) is 4.81 Å². The zero-order valence-corrected chi connectivity index (χ0v) is 10.2. The zero-order valence-electron chi connectivity index (χ0n) is 9.42. The minimum absolute atomic E-state index is 0.203. The van der Waals surface area contributed by atoms with Crippen LogP contribution >= 0.6 is 11.5 Å². The highest BCUT2D eigenvalue weighted by atomic mass is 35.5. The Morgan fingerprint density at radius 2 is 2.12 bits per heavy atom. The van der Waals surface area contributed by atoms with E-state index in [0.29, 0.717) is 0 Å². The molecule has 0 atom stereocenters. The minimum atomic E-state index is -0.203. The van der Waals surface area contributed by atoms with E-state index in [-0.39, 0.29) is 6.26 Å². The Bertz CT molecular complexity index is 579. The molecule has 0 aliphatic carbocycles. The molecule has 1 aliphatic rings. The molecule has 1 aromatic heterocycles. The summed E-state index contributed by atoms with van der Waals surface area (Å²) in [5, 5.41) is 0. The maximum absolute atomic E-state index is 6.48. The highest BCUT2D eigenvalue weighted by Crippen LogP contribution is 2.20. The fourth-order valence-corrected chi connectivity index (χ4v) is 2.35. The summed E-state index contributed by atoms with van der Waals surface area (Å²) in [6.07, 6.45) is 7.55. The number of hydrogen-bond donors (Lipinski definition) is 0. The highest BCUT2D eigenvalue weighted by molar-refractivity contribution is 7.16. The van der Waals surface area contributed by atoms with Crippen molar-refractivity contribution in [3.05, 3.63) is 48.6 Å². The van der Waals surface area contributed by atoms with Gasteiger partial charge in [-0.2, -0.15) is 11.5 Å². The van der Waals surface area contributed by atoms with E-state index in [9.17, 15) is 0 Å². The summed E-state index contributed by atoms with van der Waals surface area (Å²) in [6, 6.07) is 8.14. The smallest absolute Gasteiger partial charge is 0.357 e. The van der Waals surface area contributed by atoms with Crippen LogP contribution in [-0.2, 0) is 7.05 Å². The van der Waals surface area contributed by atoms with Gasteiger partial charge >= 0.3 is 6.26 Å². The number of benzene rings is 1. The number of aryl methyl sites for hydroxylation is 1. The van der Waals surface area contributed by atoms with Gasteiger partial charge in [-0.05, 0) is 23.3 Å². The summed E-state index contributed by atoms with van der Waals surface area (Å²) in [4.78, 5) is 6.28. The number of anilines is 1. The number of fused-ring (bicyclic) bond motifs is 1.